The van der Waals surface area contributed by atoms with E-state index in [-0.39, 0.29) is 0 Å². The predicted molar refractivity (Wildman–Crippen MR) is 99.0 cm³/mol. The van der Waals surface area contributed by atoms with Crippen molar-refractivity contribution in [3.63, 3.8) is 0 Å². The quantitative estimate of drug-likeness (QED) is 0.788. The molecule has 0 N–H and O–H groups in total. The molecule has 0 aliphatic carbocycles. The first-order valence-electron chi connectivity index (χ1n) is 8.38. The van der Waals surface area contributed by atoms with Crippen LogP contribution in [0.1, 0.15) is 23.3 Å². The largest absolute Gasteiger partial charge is 0.379 e. The van der Waals surface area contributed by atoms with Gasteiger partial charge in [0, 0.05) is 24.9 Å². The van der Waals surface area contributed by atoms with Gasteiger partial charge in [-0.2, -0.15) is 0 Å². The van der Waals surface area contributed by atoms with Crippen molar-refractivity contribution >= 4 is 11.8 Å². The molecule has 1 aliphatic rings. The molecule has 0 aromatic heterocycles. The Bertz CT molecular complexity index is 529. The summed E-state index contributed by atoms with van der Waals surface area (Å²) in [7, 11) is 0. The zero-order valence-corrected chi connectivity index (χ0v) is 14.5. The summed E-state index contributed by atoms with van der Waals surface area (Å²) in [6, 6.07) is 21.7. The first-order valence-corrected chi connectivity index (χ1v) is 9.32. The maximum Gasteiger partial charge on any atom is 0.0594 e. The molecule has 0 saturated carbocycles. The third-order valence-corrected chi connectivity index (χ3v) is 5.62. The molecular weight excluding hydrogens is 302 g/mol. The summed E-state index contributed by atoms with van der Waals surface area (Å²) in [6.07, 6.45) is 0. The van der Waals surface area contributed by atoms with E-state index in [1.165, 1.54) is 11.1 Å². The minimum atomic E-state index is 0.397. The minimum absolute atomic E-state index is 0.397. The first kappa shape index (κ1) is 16.6. The van der Waals surface area contributed by atoms with Crippen molar-refractivity contribution in [2.24, 2.45) is 0 Å². The Balaban J connectivity index is 1.71. The van der Waals surface area contributed by atoms with Gasteiger partial charge in [-0.15, -0.1) is 11.8 Å². The van der Waals surface area contributed by atoms with Gasteiger partial charge in [0.2, 0.25) is 0 Å². The van der Waals surface area contributed by atoms with Crippen LogP contribution in [0.15, 0.2) is 60.7 Å². The van der Waals surface area contributed by atoms with Gasteiger partial charge in [-0.25, -0.2) is 0 Å². The van der Waals surface area contributed by atoms with Crippen LogP contribution in [0.2, 0.25) is 0 Å². The maximum absolute atomic E-state index is 5.45. The monoisotopic (exact) mass is 327 g/mol. The number of ether oxygens (including phenoxy) is 1. The molecule has 1 heterocycles. The van der Waals surface area contributed by atoms with Crippen molar-refractivity contribution in [1.82, 2.24) is 4.90 Å². The predicted octanol–water partition coefficient (Wildman–Crippen LogP) is 4.23. The summed E-state index contributed by atoms with van der Waals surface area (Å²) in [5.74, 6) is 0. The van der Waals surface area contributed by atoms with Gasteiger partial charge >= 0.3 is 0 Å². The molecule has 2 nitrogen and oxygen atoms in total. The average molecular weight is 327 g/mol. The third-order valence-electron chi connectivity index (χ3n) is 4.19. The zero-order chi connectivity index (χ0) is 15.9. The number of nitrogens with zero attached hydrogens (tertiary/aromatic N) is 1. The van der Waals surface area contributed by atoms with Crippen LogP contribution in [0.25, 0.3) is 0 Å². The van der Waals surface area contributed by atoms with Crippen LogP contribution >= 0.6 is 11.8 Å². The molecule has 1 unspecified atom stereocenters. The Labute approximate surface area is 143 Å². The van der Waals surface area contributed by atoms with E-state index in [1.807, 2.05) is 0 Å². The summed E-state index contributed by atoms with van der Waals surface area (Å²) in [6.45, 7) is 7.35. The summed E-state index contributed by atoms with van der Waals surface area (Å²) in [4.78, 5) is 2.52. The second kappa shape index (κ2) is 8.53. The second-order valence-electron chi connectivity index (χ2n) is 6.06. The standard InChI is InChI=1S/C20H25NOS/c1-17(16-21-12-14-22-15-13-21)23-20(18-8-4-2-5-9-18)19-10-6-3-7-11-19/h2-11,17,20H,12-16H2,1H3. The molecule has 3 rings (SSSR count). The van der Waals surface area contributed by atoms with Gasteiger partial charge in [-0.1, -0.05) is 67.6 Å². The number of morpholine rings is 1. The van der Waals surface area contributed by atoms with Crippen LogP contribution < -0.4 is 0 Å². The van der Waals surface area contributed by atoms with Crippen LogP contribution in [0.3, 0.4) is 0 Å². The molecular formula is C20H25NOS. The maximum atomic E-state index is 5.45. The van der Waals surface area contributed by atoms with Crippen LogP contribution in [0.4, 0.5) is 0 Å². The Morgan fingerprint density at radius 1 is 0.913 bits per heavy atom. The van der Waals surface area contributed by atoms with Crippen LogP contribution in [-0.4, -0.2) is 43.0 Å². The van der Waals surface area contributed by atoms with Crippen molar-refractivity contribution in [3.05, 3.63) is 71.8 Å². The van der Waals surface area contributed by atoms with Crippen LogP contribution in [0, 0.1) is 0 Å². The summed E-state index contributed by atoms with van der Waals surface area (Å²) >= 11 is 2.06. The lowest BCUT2D eigenvalue weighted by Gasteiger charge is -2.30. The van der Waals surface area contributed by atoms with Gasteiger partial charge in [0.15, 0.2) is 0 Å². The molecule has 2 aromatic rings. The molecule has 1 fully saturated rings. The van der Waals surface area contributed by atoms with Crippen molar-refractivity contribution < 1.29 is 4.74 Å². The Morgan fingerprint density at radius 3 is 1.96 bits per heavy atom. The SMILES string of the molecule is CC(CN1CCOCC1)SC(c1ccccc1)c1ccccc1. The highest BCUT2D eigenvalue weighted by molar-refractivity contribution is 8.00. The Kier molecular flexibility index (Phi) is 6.14. The fourth-order valence-corrected chi connectivity index (χ4v) is 4.42. The highest BCUT2D eigenvalue weighted by atomic mass is 32.2. The lowest BCUT2D eigenvalue weighted by molar-refractivity contribution is 0.0386. The molecule has 0 bridgehead atoms. The smallest absolute Gasteiger partial charge is 0.0594 e. The van der Waals surface area contributed by atoms with Gasteiger partial charge < -0.3 is 4.74 Å². The summed E-state index contributed by atoms with van der Waals surface area (Å²) in [5.41, 5.74) is 2.77. The van der Waals surface area contributed by atoms with Crippen molar-refractivity contribution in [2.75, 3.05) is 32.8 Å². The van der Waals surface area contributed by atoms with Gasteiger partial charge in [0.25, 0.3) is 0 Å². The molecule has 0 radical (unpaired) electrons. The van der Waals surface area contributed by atoms with E-state index in [2.05, 4.69) is 84.2 Å². The summed E-state index contributed by atoms with van der Waals surface area (Å²) < 4.78 is 5.45. The molecule has 0 spiro atoms. The molecule has 122 valence electrons. The lowest BCUT2D eigenvalue weighted by atomic mass is 10.0. The van der Waals surface area contributed by atoms with E-state index in [1.54, 1.807) is 0 Å². The van der Waals surface area contributed by atoms with Gasteiger partial charge in [-0.05, 0) is 11.1 Å². The van der Waals surface area contributed by atoms with Crippen molar-refractivity contribution in [3.8, 4) is 0 Å². The van der Waals surface area contributed by atoms with E-state index in [9.17, 15) is 0 Å². The molecule has 3 heteroatoms. The average Bonchev–Trinajstić information content (AvgIpc) is 2.62. The first-order chi connectivity index (χ1) is 11.3. The van der Waals surface area contributed by atoms with E-state index < -0.39 is 0 Å². The molecule has 23 heavy (non-hydrogen) atoms. The third kappa shape index (κ3) is 4.84. The Hall–Kier alpha value is -1.29. The zero-order valence-electron chi connectivity index (χ0n) is 13.7. The topological polar surface area (TPSA) is 12.5 Å². The van der Waals surface area contributed by atoms with Crippen molar-refractivity contribution in [2.45, 2.75) is 17.4 Å². The number of benzene rings is 2. The molecule has 1 aliphatic heterocycles. The Morgan fingerprint density at radius 2 is 1.43 bits per heavy atom. The summed E-state index contributed by atoms with van der Waals surface area (Å²) in [5, 5.41) is 0.979. The van der Waals surface area contributed by atoms with E-state index >= 15 is 0 Å². The van der Waals surface area contributed by atoms with Gasteiger partial charge in [0.1, 0.15) is 0 Å². The fraction of sp³-hybridized carbons (Fsp3) is 0.400. The fourth-order valence-electron chi connectivity index (χ4n) is 3.03. The number of thioether (sulfide) groups is 1. The molecule has 1 atom stereocenters. The minimum Gasteiger partial charge on any atom is -0.379 e. The highest BCUT2D eigenvalue weighted by Crippen LogP contribution is 2.38. The number of hydrogen-bond acceptors (Lipinski definition) is 3. The second-order valence-corrected chi connectivity index (χ2v) is 7.61. The van der Waals surface area contributed by atoms with E-state index in [0.717, 1.165) is 32.8 Å². The number of rotatable bonds is 6. The van der Waals surface area contributed by atoms with E-state index in [4.69, 9.17) is 4.74 Å². The number of hydrogen-bond donors (Lipinski definition) is 0. The normalized spacial score (nSPS) is 17.3. The molecule has 0 amide bonds. The lowest BCUT2D eigenvalue weighted by Crippen LogP contribution is -2.39. The van der Waals surface area contributed by atoms with Crippen LogP contribution in [0.5, 0.6) is 0 Å². The molecule has 1 saturated heterocycles. The van der Waals surface area contributed by atoms with E-state index in [0.29, 0.717) is 10.5 Å². The van der Waals surface area contributed by atoms with Gasteiger partial charge in [-0.3, -0.25) is 4.90 Å². The van der Waals surface area contributed by atoms with Gasteiger partial charge in [0.05, 0.1) is 18.5 Å². The van der Waals surface area contributed by atoms with Crippen LogP contribution in [-0.2, 0) is 4.74 Å². The molecule has 2 aromatic carbocycles. The highest BCUT2D eigenvalue weighted by Gasteiger charge is 2.20. The van der Waals surface area contributed by atoms with Crippen molar-refractivity contribution in [1.29, 1.82) is 0 Å².